The van der Waals surface area contributed by atoms with Crippen molar-refractivity contribution in [3.05, 3.63) is 18.2 Å². The molecule has 1 aliphatic rings. The molecule has 2 rings (SSSR count). The van der Waals surface area contributed by atoms with Gasteiger partial charge in [0, 0.05) is 12.2 Å². The lowest BCUT2D eigenvalue weighted by molar-refractivity contribution is -0.125. The van der Waals surface area contributed by atoms with Crippen LogP contribution in [0, 0.1) is 0 Å². The van der Waals surface area contributed by atoms with Crippen LogP contribution in [0.1, 0.15) is 33.1 Å². The Labute approximate surface area is 108 Å². The van der Waals surface area contributed by atoms with Gasteiger partial charge in [-0.3, -0.25) is 4.79 Å². The molecule has 2 N–H and O–H groups in total. The Morgan fingerprint density at radius 3 is 2.89 bits per heavy atom. The molecular weight excluding hydrogens is 228 g/mol. The molecule has 1 amide bonds. The predicted octanol–water partition coefficient (Wildman–Crippen LogP) is 2.57. The fraction of sp³-hybridized carbons (Fsp3) is 0.500. The molecule has 0 spiro atoms. The lowest BCUT2D eigenvalue weighted by Crippen LogP contribution is -2.44. The van der Waals surface area contributed by atoms with Gasteiger partial charge in [0.25, 0.3) is 5.91 Å². The monoisotopic (exact) mass is 248 g/mol. The van der Waals surface area contributed by atoms with Gasteiger partial charge in [0.2, 0.25) is 0 Å². The summed E-state index contributed by atoms with van der Waals surface area (Å²) in [5, 5.41) is 0. The number of ether oxygens (including phenoxy) is 1. The second-order valence-corrected chi connectivity index (χ2v) is 4.68. The minimum atomic E-state index is -0.414. The van der Waals surface area contributed by atoms with Crippen molar-refractivity contribution >= 4 is 17.3 Å². The van der Waals surface area contributed by atoms with Crippen molar-refractivity contribution < 1.29 is 9.53 Å². The average Bonchev–Trinajstić information content (AvgIpc) is 2.35. The number of nitrogen functional groups attached to an aromatic ring is 1. The normalized spacial score (nSPS) is 18.4. The van der Waals surface area contributed by atoms with E-state index >= 15 is 0 Å². The maximum absolute atomic E-state index is 12.2. The van der Waals surface area contributed by atoms with E-state index < -0.39 is 6.10 Å². The van der Waals surface area contributed by atoms with Gasteiger partial charge in [-0.05, 0) is 31.5 Å². The number of hydrogen-bond donors (Lipinski definition) is 1. The van der Waals surface area contributed by atoms with Crippen LogP contribution < -0.4 is 15.4 Å². The number of nitrogens with two attached hydrogens (primary N) is 1. The molecule has 4 nitrogen and oxygen atoms in total. The number of fused-ring (bicyclic) bond motifs is 1. The highest BCUT2D eigenvalue weighted by Crippen LogP contribution is 2.35. The van der Waals surface area contributed by atoms with Gasteiger partial charge in [-0.15, -0.1) is 0 Å². The maximum Gasteiger partial charge on any atom is 0.267 e. The first-order valence-corrected chi connectivity index (χ1v) is 6.51. The van der Waals surface area contributed by atoms with E-state index in [9.17, 15) is 4.79 Å². The Morgan fingerprint density at radius 1 is 1.39 bits per heavy atom. The summed E-state index contributed by atoms with van der Waals surface area (Å²) in [6.45, 7) is 4.67. The second-order valence-electron chi connectivity index (χ2n) is 4.68. The van der Waals surface area contributed by atoms with Crippen LogP contribution in [-0.2, 0) is 4.79 Å². The molecule has 0 saturated heterocycles. The van der Waals surface area contributed by atoms with E-state index in [1.54, 1.807) is 17.9 Å². The number of unbranched alkanes of at least 4 members (excludes halogenated alkanes) is 2. The minimum absolute atomic E-state index is 0.0178. The highest BCUT2D eigenvalue weighted by atomic mass is 16.5. The van der Waals surface area contributed by atoms with E-state index in [-0.39, 0.29) is 5.91 Å². The first-order valence-electron chi connectivity index (χ1n) is 6.51. The first kappa shape index (κ1) is 12.7. The maximum atomic E-state index is 12.2. The van der Waals surface area contributed by atoms with Gasteiger partial charge >= 0.3 is 0 Å². The van der Waals surface area contributed by atoms with Crippen LogP contribution in [0.3, 0.4) is 0 Å². The lowest BCUT2D eigenvalue weighted by Gasteiger charge is -2.33. The van der Waals surface area contributed by atoms with E-state index in [1.165, 1.54) is 0 Å². The number of rotatable bonds is 4. The third-order valence-electron chi connectivity index (χ3n) is 3.18. The van der Waals surface area contributed by atoms with Crippen LogP contribution in [0.5, 0.6) is 5.75 Å². The molecule has 1 heterocycles. The standard InChI is InChI=1S/C14H20N2O2/c1-3-4-5-8-16-12-9-11(15)6-7-13(12)18-10(2)14(16)17/h6-7,9-10H,3-5,8,15H2,1-2H3. The summed E-state index contributed by atoms with van der Waals surface area (Å²) in [4.78, 5) is 14.0. The molecule has 1 atom stereocenters. The topological polar surface area (TPSA) is 55.6 Å². The smallest absolute Gasteiger partial charge is 0.267 e. The summed E-state index contributed by atoms with van der Waals surface area (Å²) >= 11 is 0. The molecule has 98 valence electrons. The molecule has 1 unspecified atom stereocenters. The van der Waals surface area contributed by atoms with E-state index in [2.05, 4.69) is 6.92 Å². The van der Waals surface area contributed by atoms with Gasteiger partial charge in [-0.2, -0.15) is 0 Å². The van der Waals surface area contributed by atoms with Gasteiger partial charge in [0.15, 0.2) is 6.10 Å². The molecule has 0 radical (unpaired) electrons. The van der Waals surface area contributed by atoms with Crippen molar-refractivity contribution in [1.29, 1.82) is 0 Å². The molecule has 0 aromatic heterocycles. The number of hydrogen-bond acceptors (Lipinski definition) is 3. The van der Waals surface area contributed by atoms with E-state index in [0.717, 1.165) is 37.2 Å². The third kappa shape index (κ3) is 2.42. The van der Waals surface area contributed by atoms with E-state index in [1.807, 2.05) is 12.1 Å². The van der Waals surface area contributed by atoms with Crippen molar-refractivity contribution in [2.24, 2.45) is 0 Å². The summed E-state index contributed by atoms with van der Waals surface area (Å²) in [5.41, 5.74) is 7.24. The number of anilines is 2. The number of carbonyl (C=O) groups is 1. The van der Waals surface area contributed by atoms with E-state index in [0.29, 0.717) is 5.69 Å². The summed E-state index contributed by atoms with van der Waals surface area (Å²) in [7, 11) is 0. The number of amides is 1. The van der Waals surface area contributed by atoms with Crippen LogP contribution in [0.2, 0.25) is 0 Å². The lowest BCUT2D eigenvalue weighted by atomic mass is 10.1. The quantitative estimate of drug-likeness (QED) is 0.658. The molecule has 18 heavy (non-hydrogen) atoms. The van der Waals surface area contributed by atoms with Crippen molar-refractivity contribution in [3.63, 3.8) is 0 Å². The van der Waals surface area contributed by atoms with E-state index in [4.69, 9.17) is 10.5 Å². The summed E-state index contributed by atoms with van der Waals surface area (Å²) in [6, 6.07) is 5.44. The molecule has 0 fully saturated rings. The van der Waals surface area contributed by atoms with Gasteiger partial charge in [0.1, 0.15) is 5.75 Å². The van der Waals surface area contributed by atoms with Crippen molar-refractivity contribution in [1.82, 2.24) is 0 Å². The Morgan fingerprint density at radius 2 is 2.17 bits per heavy atom. The zero-order chi connectivity index (χ0) is 13.1. The Bertz CT molecular complexity index is 445. The highest BCUT2D eigenvalue weighted by molar-refractivity contribution is 6.00. The molecule has 4 heteroatoms. The van der Waals surface area contributed by atoms with Crippen molar-refractivity contribution in [3.8, 4) is 5.75 Å². The van der Waals surface area contributed by atoms with Crippen LogP contribution in [0.25, 0.3) is 0 Å². The van der Waals surface area contributed by atoms with Gasteiger partial charge in [0.05, 0.1) is 5.69 Å². The highest BCUT2D eigenvalue weighted by Gasteiger charge is 2.30. The van der Waals surface area contributed by atoms with Crippen LogP contribution in [0.15, 0.2) is 18.2 Å². The molecule has 1 aliphatic heterocycles. The summed E-state index contributed by atoms with van der Waals surface area (Å²) < 4.78 is 5.59. The third-order valence-corrected chi connectivity index (χ3v) is 3.18. The van der Waals surface area contributed by atoms with Crippen molar-refractivity contribution in [2.45, 2.75) is 39.2 Å². The average molecular weight is 248 g/mol. The zero-order valence-electron chi connectivity index (χ0n) is 11.0. The van der Waals surface area contributed by atoms with Gasteiger partial charge in [-0.25, -0.2) is 0 Å². The molecule has 0 saturated carbocycles. The summed E-state index contributed by atoms with van der Waals surface area (Å²) in [5.74, 6) is 0.761. The van der Waals surface area contributed by atoms with Crippen LogP contribution >= 0.6 is 0 Å². The molecule has 0 bridgehead atoms. The van der Waals surface area contributed by atoms with Crippen LogP contribution in [0.4, 0.5) is 11.4 Å². The Hall–Kier alpha value is -1.71. The minimum Gasteiger partial charge on any atom is -0.479 e. The van der Waals surface area contributed by atoms with Gasteiger partial charge < -0.3 is 15.4 Å². The molecular formula is C14H20N2O2. The number of nitrogens with zero attached hydrogens (tertiary/aromatic N) is 1. The zero-order valence-corrected chi connectivity index (χ0v) is 11.0. The van der Waals surface area contributed by atoms with Crippen molar-refractivity contribution in [2.75, 3.05) is 17.2 Å². The molecule has 1 aromatic rings. The fourth-order valence-corrected chi connectivity index (χ4v) is 2.17. The number of carbonyl (C=O) groups excluding carboxylic acids is 1. The fourth-order valence-electron chi connectivity index (χ4n) is 2.17. The SMILES string of the molecule is CCCCCN1C(=O)C(C)Oc2ccc(N)cc21. The number of benzene rings is 1. The largest absolute Gasteiger partial charge is 0.479 e. The molecule has 1 aromatic carbocycles. The summed E-state index contributed by atoms with van der Waals surface area (Å²) in [6.07, 6.45) is 2.85. The first-order chi connectivity index (χ1) is 8.63. The second kappa shape index (κ2) is 5.29. The Kier molecular flexibility index (Phi) is 3.75. The predicted molar refractivity (Wildman–Crippen MR) is 72.8 cm³/mol. The van der Waals surface area contributed by atoms with Crippen LogP contribution in [-0.4, -0.2) is 18.6 Å². The van der Waals surface area contributed by atoms with Gasteiger partial charge in [-0.1, -0.05) is 19.8 Å². The Balaban J connectivity index is 2.26. The molecule has 0 aliphatic carbocycles.